The summed E-state index contributed by atoms with van der Waals surface area (Å²) in [6, 6.07) is 0. The first kappa shape index (κ1) is 13.1. The van der Waals surface area contributed by atoms with Crippen LogP contribution >= 0.6 is 11.3 Å². The number of rotatable bonds is 3. The lowest BCUT2D eigenvalue weighted by Crippen LogP contribution is -2.19. The standard InChI is InChI=1S/C11H17NO3S/c1-6(9(14)15)8(13)7-5-16-10(12-7)11(2,3)4/h5-6,8,13H,1-4H3,(H,14,15). The predicted octanol–water partition coefficient (Wildman–Crippen LogP) is 2.19. The van der Waals surface area contributed by atoms with Gasteiger partial charge in [-0.1, -0.05) is 20.8 Å². The van der Waals surface area contributed by atoms with Crippen molar-refractivity contribution in [3.8, 4) is 0 Å². The van der Waals surface area contributed by atoms with Crippen molar-refractivity contribution in [3.63, 3.8) is 0 Å². The lowest BCUT2D eigenvalue weighted by molar-refractivity contribution is -0.145. The molecule has 0 bridgehead atoms. The van der Waals surface area contributed by atoms with Crippen molar-refractivity contribution < 1.29 is 15.0 Å². The third-order valence-corrected chi connectivity index (χ3v) is 3.62. The van der Waals surface area contributed by atoms with Gasteiger partial charge in [-0.05, 0) is 6.92 Å². The molecule has 2 N–H and O–H groups in total. The zero-order valence-corrected chi connectivity index (χ0v) is 10.7. The van der Waals surface area contributed by atoms with Gasteiger partial charge in [0.1, 0.15) is 6.10 Å². The lowest BCUT2D eigenvalue weighted by Gasteiger charge is -2.15. The fourth-order valence-corrected chi connectivity index (χ4v) is 2.09. The molecule has 0 fully saturated rings. The quantitative estimate of drug-likeness (QED) is 0.853. The van der Waals surface area contributed by atoms with Gasteiger partial charge in [-0.25, -0.2) is 4.98 Å². The summed E-state index contributed by atoms with van der Waals surface area (Å²) in [5.74, 6) is -1.85. The Morgan fingerprint density at radius 3 is 2.44 bits per heavy atom. The largest absolute Gasteiger partial charge is 0.481 e. The summed E-state index contributed by atoms with van der Waals surface area (Å²) in [6.07, 6.45) is -1.04. The van der Waals surface area contributed by atoms with Crippen molar-refractivity contribution >= 4 is 17.3 Å². The fourth-order valence-electron chi connectivity index (χ4n) is 1.16. The first-order valence-electron chi connectivity index (χ1n) is 5.10. The van der Waals surface area contributed by atoms with Gasteiger partial charge < -0.3 is 10.2 Å². The Kier molecular flexibility index (Phi) is 3.70. The Morgan fingerprint density at radius 2 is 2.06 bits per heavy atom. The molecule has 1 heterocycles. The van der Waals surface area contributed by atoms with Crippen LogP contribution in [0, 0.1) is 5.92 Å². The van der Waals surface area contributed by atoms with Gasteiger partial charge in [0.15, 0.2) is 0 Å². The monoisotopic (exact) mass is 243 g/mol. The van der Waals surface area contributed by atoms with Crippen molar-refractivity contribution in [2.45, 2.75) is 39.2 Å². The molecule has 4 nitrogen and oxygen atoms in total. The highest BCUT2D eigenvalue weighted by molar-refractivity contribution is 7.09. The third-order valence-electron chi connectivity index (χ3n) is 2.33. The average molecular weight is 243 g/mol. The number of carbonyl (C=O) groups is 1. The molecule has 2 atom stereocenters. The van der Waals surface area contributed by atoms with Gasteiger partial charge >= 0.3 is 5.97 Å². The Bertz CT molecular complexity index is 381. The molecule has 1 aromatic rings. The van der Waals surface area contributed by atoms with E-state index in [0.29, 0.717) is 5.69 Å². The summed E-state index contributed by atoms with van der Waals surface area (Å²) in [7, 11) is 0. The Morgan fingerprint density at radius 1 is 1.50 bits per heavy atom. The van der Waals surface area contributed by atoms with Crippen molar-refractivity contribution in [2.24, 2.45) is 5.92 Å². The molecule has 0 aliphatic heterocycles. The van der Waals surface area contributed by atoms with E-state index in [9.17, 15) is 9.90 Å². The second-order valence-electron chi connectivity index (χ2n) is 4.90. The normalized spacial score (nSPS) is 15.8. The van der Waals surface area contributed by atoms with E-state index >= 15 is 0 Å². The molecule has 0 aromatic carbocycles. The smallest absolute Gasteiger partial charge is 0.309 e. The number of hydrogen-bond donors (Lipinski definition) is 2. The maximum absolute atomic E-state index is 10.7. The van der Waals surface area contributed by atoms with Gasteiger partial charge in [-0.15, -0.1) is 11.3 Å². The zero-order valence-electron chi connectivity index (χ0n) is 9.89. The molecule has 2 unspecified atom stereocenters. The second-order valence-corrected chi connectivity index (χ2v) is 5.76. The molecule has 0 radical (unpaired) electrons. The molecule has 0 saturated heterocycles. The molecule has 0 aliphatic rings. The Balaban J connectivity index is 2.90. The lowest BCUT2D eigenvalue weighted by atomic mass is 9.98. The summed E-state index contributed by atoms with van der Waals surface area (Å²) < 4.78 is 0. The van der Waals surface area contributed by atoms with E-state index in [4.69, 9.17) is 5.11 Å². The van der Waals surface area contributed by atoms with Crippen molar-refractivity contribution in [1.29, 1.82) is 0 Å². The predicted molar refractivity (Wildman–Crippen MR) is 62.6 cm³/mol. The molecular weight excluding hydrogens is 226 g/mol. The van der Waals surface area contributed by atoms with Gasteiger partial charge in [-0.2, -0.15) is 0 Å². The second kappa shape index (κ2) is 4.51. The van der Waals surface area contributed by atoms with E-state index in [0.717, 1.165) is 5.01 Å². The van der Waals surface area contributed by atoms with Crippen LogP contribution in [0.15, 0.2) is 5.38 Å². The number of aliphatic carboxylic acids is 1. The number of nitrogens with zero attached hydrogens (tertiary/aromatic N) is 1. The number of carboxylic acids is 1. The molecule has 5 heteroatoms. The maximum Gasteiger partial charge on any atom is 0.309 e. The van der Waals surface area contributed by atoms with E-state index in [2.05, 4.69) is 4.98 Å². The van der Waals surface area contributed by atoms with E-state index in [1.54, 1.807) is 5.38 Å². The van der Waals surface area contributed by atoms with E-state index < -0.39 is 18.0 Å². The number of aliphatic hydroxyl groups is 1. The van der Waals surface area contributed by atoms with Crippen LogP contribution in [0.5, 0.6) is 0 Å². The number of carboxylic acid groups (broad SMARTS) is 1. The number of aliphatic hydroxyl groups excluding tert-OH is 1. The van der Waals surface area contributed by atoms with E-state index in [-0.39, 0.29) is 5.41 Å². The number of aromatic nitrogens is 1. The van der Waals surface area contributed by atoms with Crippen LogP contribution in [0.1, 0.15) is 44.5 Å². The van der Waals surface area contributed by atoms with Crippen LogP contribution in [-0.4, -0.2) is 21.2 Å². The van der Waals surface area contributed by atoms with Crippen molar-refractivity contribution in [3.05, 3.63) is 16.1 Å². The van der Waals surface area contributed by atoms with Crippen LogP contribution in [0.3, 0.4) is 0 Å². The average Bonchev–Trinajstić information content (AvgIpc) is 2.63. The first-order chi connectivity index (χ1) is 7.23. The highest BCUT2D eigenvalue weighted by Crippen LogP contribution is 2.29. The molecule has 1 aromatic heterocycles. The minimum Gasteiger partial charge on any atom is -0.481 e. The molecule has 90 valence electrons. The van der Waals surface area contributed by atoms with Crippen LogP contribution in [0.2, 0.25) is 0 Å². The fraction of sp³-hybridized carbons (Fsp3) is 0.636. The van der Waals surface area contributed by atoms with Gasteiger partial charge in [0, 0.05) is 10.8 Å². The van der Waals surface area contributed by atoms with Crippen molar-refractivity contribution in [1.82, 2.24) is 4.98 Å². The molecule has 16 heavy (non-hydrogen) atoms. The molecule has 0 spiro atoms. The molecular formula is C11H17NO3S. The van der Waals surface area contributed by atoms with Crippen LogP contribution in [-0.2, 0) is 10.2 Å². The summed E-state index contributed by atoms with van der Waals surface area (Å²) in [5.41, 5.74) is 0.375. The van der Waals surface area contributed by atoms with Gasteiger partial charge in [0.25, 0.3) is 0 Å². The zero-order chi connectivity index (χ0) is 12.5. The summed E-state index contributed by atoms with van der Waals surface area (Å²) >= 11 is 1.45. The van der Waals surface area contributed by atoms with Gasteiger partial charge in [-0.3, -0.25) is 4.79 Å². The third kappa shape index (κ3) is 2.80. The van der Waals surface area contributed by atoms with Crippen LogP contribution < -0.4 is 0 Å². The highest BCUT2D eigenvalue weighted by Gasteiger charge is 2.27. The first-order valence-corrected chi connectivity index (χ1v) is 5.98. The minimum absolute atomic E-state index is 0.0743. The molecule has 0 amide bonds. The SMILES string of the molecule is CC(C(=O)O)C(O)c1csc(C(C)(C)C)n1. The molecule has 0 saturated carbocycles. The Hall–Kier alpha value is -0.940. The van der Waals surface area contributed by atoms with Crippen molar-refractivity contribution in [2.75, 3.05) is 0 Å². The highest BCUT2D eigenvalue weighted by atomic mass is 32.1. The summed E-state index contributed by atoms with van der Waals surface area (Å²) in [5, 5.41) is 21.2. The summed E-state index contributed by atoms with van der Waals surface area (Å²) in [6.45, 7) is 7.57. The number of hydrogen-bond acceptors (Lipinski definition) is 4. The van der Waals surface area contributed by atoms with Gasteiger partial charge in [0.05, 0.1) is 16.6 Å². The maximum atomic E-state index is 10.7. The van der Waals surface area contributed by atoms with Crippen LogP contribution in [0.4, 0.5) is 0 Å². The molecule has 0 aliphatic carbocycles. The van der Waals surface area contributed by atoms with E-state index in [1.807, 2.05) is 20.8 Å². The Labute approximate surface area is 99.0 Å². The minimum atomic E-state index is -1.04. The van der Waals surface area contributed by atoms with E-state index in [1.165, 1.54) is 18.3 Å². The summed E-state index contributed by atoms with van der Waals surface area (Å²) in [4.78, 5) is 15.0. The topological polar surface area (TPSA) is 70.4 Å². The van der Waals surface area contributed by atoms with Gasteiger partial charge in [0.2, 0.25) is 0 Å². The number of thiazole rings is 1. The molecule has 1 rings (SSSR count). The van der Waals surface area contributed by atoms with Crippen LogP contribution in [0.25, 0.3) is 0 Å².